The zero-order chi connectivity index (χ0) is 11.4. The lowest BCUT2D eigenvalue weighted by Crippen LogP contribution is -2.06. The van der Waals surface area contributed by atoms with Gasteiger partial charge in [-0.05, 0) is 27.6 Å². The molecule has 0 aromatic heterocycles. The van der Waals surface area contributed by atoms with Crippen molar-refractivity contribution in [2.24, 2.45) is 0 Å². The molecule has 1 aromatic carbocycles. The van der Waals surface area contributed by atoms with Crippen LogP contribution in [0, 0.1) is 0 Å². The number of benzene rings is 1. The van der Waals surface area contributed by atoms with Gasteiger partial charge in [-0.15, -0.1) is 0 Å². The van der Waals surface area contributed by atoms with Crippen LogP contribution in [0.4, 0.5) is 0 Å². The number of aromatic carboxylic acids is 1. The monoisotopic (exact) mass is 334 g/mol. The van der Waals surface area contributed by atoms with Gasteiger partial charge in [-0.3, -0.25) is 4.79 Å². The Labute approximate surface area is 104 Å². The van der Waals surface area contributed by atoms with E-state index in [1.54, 1.807) is 12.1 Å². The molecule has 5 heteroatoms. The Balaban J connectivity index is 3.04. The summed E-state index contributed by atoms with van der Waals surface area (Å²) in [4.78, 5) is 22.0. The molecule has 0 unspecified atom stereocenters. The Hall–Kier alpha value is -0.680. The maximum atomic E-state index is 11.2. The summed E-state index contributed by atoms with van der Waals surface area (Å²) < 4.78 is 0.479. The minimum atomic E-state index is -1.00. The van der Waals surface area contributed by atoms with E-state index in [4.69, 9.17) is 5.11 Å². The standard InChI is InChI=1S/C10H8Br2O3/c11-5-7(13)4-6-2-1-3-8(9(6)12)10(14)15/h1-3H,4-5H2,(H,14,15). The van der Waals surface area contributed by atoms with Crippen LogP contribution in [0.3, 0.4) is 0 Å². The molecule has 0 saturated heterocycles. The van der Waals surface area contributed by atoms with Crippen molar-refractivity contribution in [3.8, 4) is 0 Å². The second kappa shape index (κ2) is 5.42. The van der Waals surface area contributed by atoms with E-state index in [0.717, 1.165) is 0 Å². The number of carboxylic acids is 1. The van der Waals surface area contributed by atoms with Crippen LogP contribution in [-0.2, 0) is 11.2 Å². The van der Waals surface area contributed by atoms with Gasteiger partial charge in [0.25, 0.3) is 0 Å². The van der Waals surface area contributed by atoms with Gasteiger partial charge >= 0.3 is 5.97 Å². The molecule has 0 amide bonds. The molecule has 1 rings (SSSR count). The van der Waals surface area contributed by atoms with Crippen molar-refractivity contribution in [2.45, 2.75) is 6.42 Å². The van der Waals surface area contributed by atoms with Crippen LogP contribution in [0.2, 0.25) is 0 Å². The molecule has 1 aromatic rings. The van der Waals surface area contributed by atoms with Gasteiger partial charge in [-0.1, -0.05) is 28.1 Å². The molecule has 0 atom stereocenters. The summed E-state index contributed by atoms with van der Waals surface area (Å²) in [5, 5.41) is 9.13. The largest absolute Gasteiger partial charge is 0.478 e. The summed E-state index contributed by atoms with van der Waals surface area (Å²) in [5.74, 6) is -0.992. The molecule has 0 saturated carbocycles. The highest BCUT2D eigenvalue weighted by atomic mass is 79.9. The molecule has 0 heterocycles. The van der Waals surface area contributed by atoms with Crippen molar-refractivity contribution in [1.82, 2.24) is 0 Å². The van der Waals surface area contributed by atoms with E-state index in [9.17, 15) is 9.59 Å². The smallest absolute Gasteiger partial charge is 0.336 e. The number of carboxylic acid groups (broad SMARTS) is 1. The predicted molar refractivity (Wildman–Crippen MR) is 63.6 cm³/mol. The zero-order valence-corrected chi connectivity index (χ0v) is 10.8. The van der Waals surface area contributed by atoms with Gasteiger partial charge in [0, 0.05) is 10.9 Å². The fraction of sp³-hybridized carbons (Fsp3) is 0.200. The number of ketones is 1. The average molecular weight is 336 g/mol. The Morgan fingerprint density at radius 1 is 1.33 bits per heavy atom. The van der Waals surface area contributed by atoms with Gasteiger partial charge in [0.2, 0.25) is 0 Å². The van der Waals surface area contributed by atoms with E-state index in [2.05, 4.69) is 31.9 Å². The van der Waals surface area contributed by atoms with Crippen molar-refractivity contribution >= 4 is 43.6 Å². The van der Waals surface area contributed by atoms with Crippen LogP contribution in [0.1, 0.15) is 15.9 Å². The first-order chi connectivity index (χ1) is 7.06. The van der Waals surface area contributed by atoms with Crippen molar-refractivity contribution in [1.29, 1.82) is 0 Å². The Bertz CT molecular complexity index is 402. The highest BCUT2D eigenvalue weighted by Gasteiger charge is 2.13. The lowest BCUT2D eigenvalue weighted by atomic mass is 10.1. The van der Waals surface area contributed by atoms with Crippen molar-refractivity contribution in [3.05, 3.63) is 33.8 Å². The van der Waals surface area contributed by atoms with Gasteiger partial charge < -0.3 is 5.11 Å². The van der Waals surface area contributed by atoms with E-state index >= 15 is 0 Å². The van der Waals surface area contributed by atoms with Gasteiger partial charge in [0.15, 0.2) is 0 Å². The maximum absolute atomic E-state index is 11.2. The van der Waals surface area contributed by atoms with Gasteiger partial charge in [0.05, 0.1) is 10.9 Å². The van der Waals surface area contributed by atoms with Gasteiger partial charge in [-0.25, -0.2) is 4.79 Å². The predicted octanol–water partition coefficient (Wildman–Crippen LogP) is 2.65. The van der Waals surface area contributed by atoms with E-state index in [-0.39, 0.29) is 23.1 Å². The summed E-state index contributed by atoms with van der Waals surface area (Å²) in [5.41, 5.74) is 0.870. The van der Waals surface area contributed by atoms with Crippen LogP contribution in [0.15, 0.2) is 22.7 Å². The topological polar surface area (TPSA) is 54.4 Å². The van der Waals surface area contributed by atoms with Crippen molar-refractivity contribution < 1.29 is 14.7 Å². The number of hydrogen-bond acceptors (Lipinski definition) is 2. The maximum Gasteiger partial charge on any atom is 0.336 e. The molecule has 0 aliphatic heterocycles. The molecule has 80 valence electrons. The second-order valence-electron chi connectivity index (χ2n) is 2.93. The van der Waals surface area contributed by atoms with E-state index in [0.29, 0.717) is 10.0 Å². The summed E-state index contributed by atoms with van der Waals surface area (Å²) in [6.07, 6.45) is 0.229. The summed E-state index contributed by atoms with van der Waals surface area (Å²) in [7, 11) is 0. The molecular formula is C10H8Br2O3. The lowest BCUT2D eigenvalue weighted by molar-refractivity contribution is -0.115. The van der Waals surface area contributed by atoms with E-state index < -0.39 is 5.97 Å². The molecule has 0 fully saturated rings. The first kappa shape index (κ1) is 12.4. The third kappa shape index (κ3) is 3.14. The van der Waals surface area contributed by atoms with Crippen LogP contribution < -0.4 is 0 Å². The number of carbonyl (C=O) groups is 2. The highest BCUT2D eigenvalue weighted by Crippen LogP contribution is 2.22. The zero-order valence-electron chi connectivity index (χ0n) is 7.67. The Kier molecular flexibility index (Phi) is 4.47. The summed E-state index contributed by atoms with van der Waals surface area (Å²) >= 11 is 6.25. The van der Waals surface area contributed by atoms with Gasteiger partial charge in [-0.2, -0.15) is 0 Å². The molecule has 15 heavy (non-hydrogen) atoms. The highest BCUT2D eigenvalue weighted by molar-refractivity contribution is 9.10. The van der Waals surface area contributed by atoms with Gasteiger partial charge in [0.1, 0.15) is 5.78 Å². The Morgan fingerprint density at radius 3 is 2.53 bits per heavy atom. The first-order valence-corrected chi connectivity index (χ1v) is 6.06. The molecule has 0 spiro atoms. The van der Waals surface area contributed by atoms with Crippen LogP contribution in [0.25, 0.3) is 0 Å². The summed E-state index contributed by atoms with van der Waals surface area (Å²) in [6.45, 7) is 0. The molecule has 0 radical (unpaired) electrons. The SMILES string of the molecule is O=C(CBr)Cc1cccc(C(=O)O)c1Br. The second-order valence-corrected chi connectivity index (χ2v) is 4.29. The van der Waals surface area contributed by atoms with Crippen LogP contribution in [0.5, 0.6) is 0 Å². The molecular weight excluding hydrogens is 328 g/mol. The van der Waals surface area contributed by atoms with Crippen LogP contribution >= 0.6 is 31.9 Å². The number of rotatable bonds is 4. The van der Waals surface area contributed by atoms with E-state index in [1.807, 2.05) is 0 Å². The number of halogens is 2. The Morgan fingerprint density at radius 2 is 2.00 bits per heavy atom. The lowest BCUT2D eigenvalue weighted by Gasteiger charge is -2.05. The number of alkyl halides is 1. The molecule has 0 aliphatic rings. The minimum Gasteiger partial charge on any atom is -0.478 e. The minimum absolute atomic E-state index is 0.0123. The number of carbonyl (C=O) groups excluding carboxylic acids is 1. The van der Waals surface area contributed by atoms with Crippen molar-refractivity contribution in [2.75, 3.05) is 5.33 Å². The quantitative estimate of drug-likeness (QED) is 0.861. The first-order valence-electron chi connectivity index (χ1n) is 4.14. The fourth-order valence-electron chi connectivity index (χ4n) is 1.14. The molecule has 3 nitrogen and oxygen atoms in total. The van der Waals surface area contributed by atoms with Crippen molar-refractivity contribution in [3.63, 3.8) is 0 Å². The number of Topliss-reactive ketones (excluding diaryl/α,β-unsaturated/α-hetero) is 1. The molecule has 1 N–H and O–H groups in total. The third-order valence-electron chi connectivity index (χ3n) is 1.85. The fourth-order valence-corrected chi connectivity index (χ4v) is 1.91. The summed E-state index contributed by atoms with van der Waals surface area (Å²) in [6, 6.07) is 4.86. The van der Waals surface area contributed by atoms with E-state index in [1.165, 1.54) is 6.07 Å². The molecule has 0 bridgehead atoms. The number of hydrogen-bond donors (Lipinski definition) is 1. The normalized spacial score (nSPS) is 10.0. The van der Waals surface area contributed by atoms with Crippen LogP contribution in [-0.4, -0.2) is 22.2 Å². The molecule has 0 aliphatic carbocycles. The third-order valence-corrected chi connectivity index (χ3v) is 3.41. The average Bonchev–Trinajstić information content (AvgIpc) is 2.20.